The van der Waals surface area contributed by atoms with Gasteiger partial charge in [-0.15, -0.1) is 0 Å². The number of non-ortho nitro benzene ring substituents is 1. The lowest BCUT2D eigenvalue weighted by atomic mass is 10.0. The molecule has 1 aromatic heterocycles. The number of aryl methyl sites for hydroxylation is 1. The van der Waals surface area contributed by atoms with Crippen molar-refractivity contribution in [3.8, 4) is 5.75 Å². The van der Waals surface area contributed by atoms with Gasteiger partial charge >= 0.3 is 0 Å². The molecule has 0 amide bonds. The highest BCUT2D eigenvalue weighted by Gasteiger charge is 2.12. The van der Waals surface area contributed by atoms with E-state index in [0.29, 0.717) is 22.3 Å². The van der Waals surface area contributed by atoms with E-state index in [2.05, 4.69) is 17.6 Å². The normalized spacial score (nSPS) is 11.7. The van der Waals surface area contributed by atoms with Crippen molar-refractivity contribution in [2.24, 2.45) is 4.99 Å². The van der Waals surface area contributed by atoms with Gasteiger partial charge in [0.25, 0.3) is 5.69 Å². The standard InChI is InChI=1S/C34H44N4O3/c1-2-3-4-5-6-7-8-9-10-11-12-13-14-17-24-37-32-19-16-15-18-31(32)36-34(37)35-26-30-29-22-21-28(38(40)41)25-27(29)20-23-33(30)39/h15-16,18-23,25-26,39H,2-14,17,24H2,1H3/b35-26+. The molecular weight excluding hydrogens is 512 g/mol. The van der Waals surface area contributed by atoms with Crippen molar-refractivity contribution in [2.75, 3.05) is 0 Å². The van der Waals surface area contributed by atoms with Crippen LogP contribution < -0.4 is 0 Å². The highest BCUT2D eigenvalue weighted by Crippen LogP contribution is 2.30. The van der Waals surface area contributed by atoms with Crippen LogP contribution in [0.15, 0.2) is 59.6 Å². The smallest absolute Gasteiger partial charge is 0.270 e. The lowest BCUT2D eigenvalue weighted by Crippen LogP contribution is -1.98. The van der Waals surface area contributed by atoms with Gasteiger partial charge in [0.15, 0.2) is 0 Å². The van der Waals surface area contributed by atoms with Gasteiger partial charge in [0.05, 0.1) is 16.0 Å². The maximum absolute atomic E-state index is 11.2. The van der Waals surface area contributed by atoms with Gasteiger partial charge in [-0.2, -0.15) is 0 Å². The summed E-state index contributed by atoms with van der Waals surface area (Å²) in [5.41, 5.74) is 2.48. The van der Waals surface area contributed by atoms with Crippen LogP contribution in [0.5, 0.6) is 5.75 Å². The Morgan fingerprint density at radius 1 is 0.854 bits per heavy atom. The minimum atomic E-state index is -0.417. The zero-order valence-corrected chi connectivity index (χ0v) is 24.4. The molecule has 4 aromatic rings. The molecular formula is C34H44N4O3. The first kappa shape index (κ1) is 30.2. The second kappa shape index (κ2) is 15.9. The number of benzene rings is 3. The van der Waals surface area contributed by atoms with Gasteiger partial charge in [0.1, 0.15) is 5.75 Å². The highest BCUT2D eigenvalue weighted by molar-refractivity contribution is 6.03. The van der Waals surface area contributed by atoms with Crippen LogP contribution in [0.4, 0.5) is 11.6 Å². The summed E-state index contributed by atoms with van der Waals surface area (Å²) in [7, 11) is 0. The summed E-state index contributed by atoms with van der Waals surface area (Å²) in [6.07, 6.45) is 20.2. The maximum atomic E-state index is 11.2. The lowest BCUT2D eigenvalue weighted by molar-refractivity contribution is -0.384. The van der Waals surface area contributed by atoms with Gasteiger partial charge in [-0.25, -0.2) is 9.98 Å². The van der Waals surface area contributed by atoms with Crippen molar-refractivity contribution in [3.05, 3.63) is 70.3 Å². The van der Waals surface area contributed by atoms with Crippen molar-refractivity contribution in [1.82, 2.24) is 9.55 Å². The molecule has 0 spiro atoms. The molecule has 1 heterocycles. The summed E-state index contributed by atoms with van der Waals surface area (Å²) in [5, 5.41) is 23.1. The molecule has 0 fully saturated rings. The average Bonchev–Trinajstić information content (AvgIpc) is 3.33. The van der Waals surface area contributed by atoms with Crippen molar-refractivity contribution in [3.63, 3.8) is 0 Å². The number of aromatic hydroxyl groups is 1. The minimum absolute atomic E-state index is 0.0148. The molecule has 3 aromatic carbocycles. The van der Waals surface area contributed by atoms with E-state index in [4.69, 9.17) is 9.98 Å². The maximum Gasteiger partial charge on any atom is 0.270 e. The van der Waals surface area contributed by atoms with Crippen molar-refractivity contribution >= 4 is 39.7 Å². The van der Waals surface area contributed by atoms with Crippen LogP contribution >= 0.6 is 0 Å². The first-order valence-corrected chi connectivity index (χ1v) is 15.5. The fourth-order valence-corrected chi connectivity index (χ4v) is 5.55. The Bertz CT molecular complexity index is 1440. The van der Waals surface area contributed by atoms with E-state index < -0.39 is 4.92 Å². The largest absolute Gasteiger partial charge is 0.507 e. The number of nitrogens with zero attached hydrogens (tertiary/aromatic N) is 4. The van der Waals surface area contributed by atoms with Gasteiger partial charge in [-0.3, -0.25) is 10.1 Å². The van der Waals surface area contributed by atoms with Crippen LogP contribution in [0.25, 0.3) is 21.8 Å². The number of hydrogen-bond acceptors (Lipinski definition) is 5. The Morgan fingerprint density at radius 2 is 1.49 bits per heavy atom. The number of rotatable bonds is 18. The monoisotopic (exact) mass is 556 g/mol. The topological polar surface area (TPSA) is 93.5 Å². The van der Waals surface area contributed by atoms with Gasteiger partial charge in [0.2, 0.25) is 5.95 Å². The van der Waals surface area contributed by atoms with Crippen LogP contribution in [0.1, 0.15) is 102 Å². The van der Waals surface area contributed by atoms with Crippen LogP contribution in [0.3, 0.4) is 0 Å². The Kier molecular flexibility index (Phi) is 11.7. The second-order valence-electron chi connectivity index (χ2n) is 11.1. The Morgan fingerprint density at radius 3 is 2.15 bits per heavy atom. The SMILES string of the molecule is CCCCCCCCCCCCCCCCn1c(/N=C/c2c(O)ccc3cc([N+](=O)[O-])ccc23)nc2ccccc21. The molecule has 4 rings (SSSR count). The molecule has 1 N–H and O–H groups in total. The average molecular weight is 557 g/mol. The molecule has 0 aliphatic heterocycles. The molecule has 7 heteroatoms. The van der Waals surface area contributed by atoms with E-state index in [9.17, 15) is 15.2 Å². The second-order valence-corrected chi connectivity index (χ2v) is 11.1. The molecule has 218 valence electrons. The zero-order chi connectivity index (χ0) is 28.9. The number of nitro groups is 1. The van der Waals surface area contributed by atoms with Gasteiger partial charge in [-0.1, -0.05) is 109 Å². The number of aromatic nitrogens is 2. The molecule has 0 radical (unpaired) electrons. The first-order chi connectivity index (χ1) is 20.1. The quantitative estimate of drug-likeness (QED) is 0.0571. The number of fused-ring (bicyclic) bond motifs is 2. The lowest BCUT2D eigenvalue weighted by Gasteiger charge is -2.08. The van der Waals surface area contributed by atoms with E-state index in [-0.39, 0.29) is 11.4 Å². The molecule has 0 bridgehead atoms. The third-order valence-corrected chi connectivity index (χ3v) is 7.91. The molecule has 41 heavy (non-hydrogen) atoms. The van der Waals surface area contributed by atoms with E-state index in [1.165, 1.54) is 95.6 Å². The number of nitro benzene ring substituents is 1. The Hall–Kier alpha value is -3.74. The van der Waals surface area contributed by atoms with E-state index in [1.807, 2.05) is 18.2 Å². The summed E-state index contributed by atoms with van der Waals surface area (Å²) < 4.78 is 2.15. The molecule has 0 aliphatic rings. The molecule has 0 unspecified atom stereocenters. The van der Waals surface area contributed by atoms with E-state index >= 15 is 0 Å². The van der Waals surface area contributed by atoms with Crippen LogP contribution in [0, 0.1) is 10.1 Å². The number of imidazole rings is 1. The van der Waals surface area contributed by atoms with Crippen LogP contribution in [-0.4, -0.2) is 25.8 Å². The summed E-state index contributed by atoms with van der Waals surface area (Å²) in [4.78, 5) is 20.2. The Labute approximate surface area is 243 Å². The number of aliphatic imine (C=N–C) groups is 1. The first-order valence-electron chi connectivity index (χ1n) is 15.5. The molecule has 0 saturated carbocycles. The number of unbranched alkanes of at least 4 members (excludes halogenated alkanes) is 13. The summed E-state index contributed by atoms with van der Waals surface area (Å²) in [5.74, 6) is 0.670. The number of hydrogen-bond donors (Lipinski definition) is 1. The predicted molar refractivity (Wildman–Crippen MR) is 170 cm³/mol. The Balaban J connectivity index is 1.31. The number of para-hydroxylation sites is 2. The third-order valence-electron chi connectivity index (χ3n) is 7.91. The van der Waals surface area contributed by atoms with E-state index in [0.717, 1.165) is 24.0 Å². The zero-order valence-electron chi connectivity index (χ0n) is 24.4. The van der Waals surface area contributed by atoms with Crippen LogP contribution in [-0.2, 0) is 6.54 Å². The summed E-state index contributed by atoms with van der Waals surface area (Å²) in [6.45, 7) is 3.10. The van der Waals surface area contributed by atoms with Gasteiger partial charge in [-0.05, 0) is 41.5 Å². The van der Waals surface area contributed by atoms with Gasteiger partial charge in [0, 0.05) is 30.5 Å². The fourth-order valence-electron chi connectivity index (χ4n) is 5.55. The predicted octanol–water partition coefficient (Wildman–Crippen LogP) is 10.0. The number of phenolic OH excluding ortho intramolecular Hbond substituents is 1. The summed E-state index contributed by atoms with van der Waals surface area (Å²) >= 11 is 0. The number of phenols is 1. The van der Waals surface area contributed by atoms with Crippen molar-refractivity contribution in [1.29, 1.82) is 0 Å². The van der Waals surface area contributed by atoms with Crippen LogP contribution in [0.2, 0.25) is 0 Å². The minimum Gasteiger partial charge on any atom is -0.507 e. The molecule has 0 atom stereocenters. The fraction of sp³-hybridized carbons (Fsp3) is 0.471. The highest BCUT2D eigenvalue weighted by atomic mass is 16.6. The third kappa shape index (κ3) is 8.62. The van der Waals surface area contributed by atoms with E-state index in [1.54, 1.807) is 24.4 Å². The molecule has 7 nitrogen and oxygen atoms in total. The summed E-state index contributed by atoms with van der Waals surface area (Å²) in [6, 6.07) is 15.9. The van der Waals surface area contributed by atoms with Gasteiger partial charge < -0.3 is 9.67 Å². The van der Waals surface area contributed by atoms with Crippen molar-refractivity contribution < 1.29 is 10.0 Å². The molecule has 0 saturated heterocycles. The van der Waals surface area contributed by atoms with Crippen molar-refractivity contribution in [2.45, 2.75) is 103 Å². The molecule has 0 aliphatic carbocycles.